The van der Waals surface area contributed by atoms with E-state index in [0.717, 1.165) is 7.05 Å². The Bertz CT molecular complexity index is 266. The predicted molar refractivity (Wildman–Crippen MR) is 45.3 cm³/mol. The zero-order valence-electron chi connectivity index (χ0n) is 6.82. The van der Waals surface area contributed by atoms with Crippen LogP contribution in [0.25, 0.3) is 0 Å². The lowest BCUT2D eigenvalue weighted by Crippen LogP contribution is -2.50. The van der Waals surface area contributed by atoms with Gasteiger partial charge >= 0.3 is 4.57 Å². The molecule has 0 aliphatic rings. The second kappa shape index (κ2) is 4.13. The molecule has 0 aliphatic heterocycles. The van der Waals surface area contributed by atoms with Crippen molar-refractivity contribution in [1.82, 2.24) is 5.01 Å². The van der Waals surface area contributed by atoms with Gasteiger partial charge in [0.1, 0.15) is 9.85 Å². The van der Waals surface area contributed by atoms with Gasteiger partial charge in [-0.3, -0.25) is 20.2 Å². The Balaban J connectivity index is 4.79. The average Bonchev–Trinajstić information content (AvgIpc) is 2.02. The lowest BCUT2D eigenvalue weighted by molar-refractivity contribution is -0.773. The highest BCUT2D eigenvalue weighted by atomic mass is 79.9. The van der Waals surface area contributed by atoms with Gasteiger partial charge in [-0.05, 0) is 0 Å². The second-order valence-corrected chi connectivity index (χ2v) is 3.56. The van der Waals surface area contributed by atoms with Crippen LogP contribution in [0.3, 0.4) is 0 Å². The summed E-state index contributed by atoms with van der Waals surface area (Å²) in [7, 11) is 0.892. The summed E-state index contributed by atoms with van der Waals surface area (Å²) in [6, 6.07) is 0. The highest BCUT2D eigenvalue weighted by Crippen LogP contribution is 2.20. The molecule has 0 aliphatic carbocycles. The van der Waals surface area contributed by atoms with Gasteiger partial charge in [-0.2, -0.15) is 0 Å². The van der Waals surface area contributed by atoms with Crippen molar-refractivity contribution in [3.63, 3.8) is 0 Å². The molecule has 0 atom stereocenters. The quantitative estimate of drug-likeness (QED) is 0.221. The highest BCUT2D eigenvalue weighted by Gasteiger charge is 2.56. The maximum Gasteiger partial charge on any atom is 0.533 e. The minimum atomic E-state index is -2.76. The minimum Gasteiger partial charge on any atom is -0.257 e. The third-order valence-corrected chi connectivity index (χ3v) is 2.10. The SMILES string of the molecule is CN(CC(Br)([N+](=O)[O-])[N+](=O)[O-])[N+](=O)[O-]. The van der Waals surface area contributed by atoms with Gasteiger partial charge in [-0.25, -0.2) is 10.1 Å². The molecule has 0 aromatic rings. The number of hydrogen-bond donors (Lipinski definition) is 0. The van der Waals surface area contributed by atoms with Crippen molar-refractivity contribution in [2.24, 2.45) is 0 Å². The molecule has 0 heterocycles. The molecule has 80 valence electrons. The van der Waals surface area contributed by atoms with Gasteiger partial charge in [0.15, 0.2) is 5.03 Å². The van der Waals surface area contributed by atoms with Crippen LogP contribution in [0.1, 0.15) is 0 Å². The van der Waals surface area contributed by atoms with Crippen molar-refractivity contribution in [2.75, 3.05) is 13.6 Å². The van der Waals surface area contributed by atoms with E-state index in [1.54, 1.807) is 0 Å². The van der Waals surface area contributed by atoms with Crippen molar-refractivity contribution in [3.05, 3.63) is 30.3 Å². The monoisotopic (exact) mass is 272 g/mol. The number of hydrazine groups is 1. The average molecular weight is 273 g/mol. The van der Waals surface area contributed by atoms with Crippen molar-refractivity contribution >= 4 is 15.9 Å². The molecule has 0 saturated heterocycles. The van der Waals surface area contributed by atoms with Crippen molar-refractivity contribution < 1.29 is 14.9 Å². The summed E-state index contributed by atoms with van der Waals surface area (Å²) in [6.45, 7) is -0.986. The fourth-order valence-electron chi connectivity index (χ4n) is 0.531. The summed E-state index contributed by atoms with van der Waals surface area (Å²) in [4.78, 5) is 28.2. The summed E-state index contributed by atoms with van der Waals surface area (Å²) in [5.41, 5.74) is 0. The van der Waals surface area contributed by atoms with E-state index in [4.69, 9.17) is 0 Å². The van der Waals surface area contributed by atoms with Gasteiger partial charge in [-0.15, -0.1) is 5.01 Å². The number of hydrogen-bond acceptors (Lipinski definition) is 6. The summed E-state index contributed by atoms with van der Waals surface area (Å²) in [5.74, 6) is 0. The predicted octanol–water partition coefficient (Wildman–Crippen LogP) is -0.288. The lowest BCUT2D eigenvalue weighted by atomic mass is 10.5. The largest absolute Gasteiger partial charge is 0.533 e. The molecule has 14 heavy (non-hydrogen) atoms. The van der Waals surface area contributed by atoms with E-state index in [1.165, 1.54) is 0 Å². The number of rotatable bonds is 5. The molecular formula is C3H5BrN4O6. The summed E-state index contributed by atoms with van der Waals surface area (Å²) in [5, 5.41) is 29.9. The van der Waals surface area contributed by atoms with E-state index in [-0.39, 0.29) is 5.01 Å². The molecule has 0 saturated carbocycles. The number of likely N-dealkylation sites (N-methyl/N-ethyl adjacent to an activating group) is 1. The topological polar surface area (TPSA) is 133 Å². The molecule has 0 amide bonds. The first-order valence-corrected chi connectivity index (χ1v) is 3.84. The molecular weight excluding hydrogens is 268 g/mol. The first-order valence-electron chi connectivity index (χ1n) is 3.05. The maximum atomic E-state index is 10.3. The van der Waals surface area contributed by atoms with Gasteiger partial charge in [-0.1, -0.05) is 0 Å². The van der Waals surface area contributed by atoms with Crippen LogP contribution in [-0.4, -0.2) is 38.1 Å². The van der Waals surface area contributed by atoms with E-state index in [9.17, 15) is 30.3 Å². The second-order valence-electron chi connectivity index (χ2n) is 2.29. The molecule has 0 bridgehead atoms. The molecule has 0 fully saturated rings. The Labute approximate surface area is 85.0 Å². The van der Waals surface area contributed by atoms with Gasteiger partial charge < -0.3 is 0 Å². The fourth-order valence-corrected chi connectivity index (χ4v) is 0.894. The summed E-state index contributed by atoms with van der Waals surface area (Å²) < 4.78 is -2.76. The zero-order chi connectivity index (χ0) is 11.5. The van der Waals surface area contributed by atoms with Crippen LogP contribution in [0, 0.1) is 30.3 Å². The van der Waals surface area contributed by atoms with Crippen LogP contribution in [0.2, 0.25) is 0 Å². The van der Waals surface area contributed by atoms with E-state index >= 15 is 0 Å². The lowest BCUT2D eigenvalue weighted by Gasteiger charge is -2.12. The van der Waals surface area contributed by atoms with Gasteiger partial charge in [0.2, 0.25) is 6.54 Å². The van der Waals surface area contributed by atoms with Crippen LogP contribution in [-0.2, 0) is 0 Å². The number of halogens is 1. The Kier molecular flexibility index (Phi) is 3.68. The fraction of sp³-hybridized carbons (Fsp3) is 1.00. The van der Waals surface area contributed by atoms with Crippen LogP contribution in [0.15, 0.2) is 0 Å². The smallest absolute Gasteiger partial charge is 0.257 e. The zero-order valence-corrected chi connectivity index (χ0v) is 8.41. The molecule has 0 N–H and O–H groups in total. The Hall–Kier alpha value is -1.52. The van der Waals surface area contributed by atoms with Crippen LogP contribution < -0.4 is 0 Å². The number of alkyl halides is 1. The van der Waals surface area contributed by atoms with E-state index in [1.807, 2.05) is 0 Å². The molecule has 0 spiro atoms. The Morgan fingerprint density at radius 3 is 1.79 bits per heavy atom. The number of nitrogens with zero attached hydrogens (tertiary/aromatic N) is 4. The van der Waals surface area contributed by atoms with Gasteiger partial charge in [0.25, 0.3) is 0 Å². The van der Waals surface area contributed by atoms with Crippen LogP contribution >= 0.6 is 15.9 Å². The molecule has 0 rings (SSSR count). The van der Waals surface area contributed by atoms with E-state index in [2.05, 4.69) is 15.9 Å². The molecule has 0 aromatic carbocycles. The highest BCUT2D eigenvalue weighted by molar-refractivity contribution is 9.09. The molecule has 11 heteroatoms. The molecule has 10 nitrogen and oxygen atoms in total. The van der Waals surface area contributed by atoms with Crippen molar-refractivity contribution in [1.29, 1.82) is 0 Å². The van der Waals surface area contributed by atoms with Gasteiger partial charge in [0, 0.05) is 0 Å². The number of nitro groups is 3. The van der Waals surface area contributed by atoms with E-state index < -0.39 is 26.0 Å². The molecule has 0 unspecified atom stereocenters. The van der Waals surface area contributed by atoms with Crippen molar-refractivity contribution in [3.8, 4) is 0 Å². The van der Waals surface area contributed by atoms with Gasteiger partial charge in [0.05, 0.1) is 23.0 Å². The van der Waals surface area contributed by atoms with Crippen LogP contribution in [0.4, 0.5) is 0 Å². The Morgan fingerprint density at radius 2 is 1.57 bits per heavy atom. The summed E-state index contributed by atoms with van der Waals surface area (Å²) in [6.07, 6.45) is 0. The van der Waals surface area contributed by atoms with Crippen LogP contribution in [0.5, 0.6) is 0 Å². The minimum absolute atomic E-state index is 0.250. The normalized spacial score (nSPS) is 10.7. The Morgan fingerprint density at radius 1 is 1.21 bits per heavy atom. The molecule has 0 radical (unpaired) electrons. The summed E-state index contributed by atoms with van der Waals surface area (Å²) >= 11 is 2.24. The third-order valence-electron chi connectivity index (χ3n) is 1.27. The first kappa shape index (κ1) is 12.5. The van der Waals surface area contributed by atoms with Crippen molar-refractivity contribution in [2.45, 2.75) is 4.57 Å². The maximum absolute atomic E-state index is 10.3. The third kappa shape index (κ3) is 2.48. The van der Waals surface area contributed by atoms with E-state index in [0.29, 0.717) is 0 Å². The first-order chi connectivity index (χ1) is 6.21. The standard InChI is InChI=1S/C3H5BrN4O6/c1-5(8(13)14)2-3(4,6(9)10)7(11)12/h2H2,1H3. The molecule has 0 aromatic heterocycles.